The largest absolute Gasteiger partial charge is 0.316 e. The van der Waals surface area contributed by atoms with Gasteiger partial charge in [0, 0.05) is 25.4 Å². The summed E-state index contributed by atoms with van der Waals surface area (Å²) >= 11 is 5.15. The predicted octanol–water partition coefficient (Wildman–Crippen LogP) is 2.76. The lowest BCUT2D eigenvalue weighted by Gasteiger charge is -2.06. The van der Waals surface area contributed by atoms with Crippen LogP contribution in [0.15, 0.2) is 32.9 Å². The van der Waals surface area contributed by atoms with Gasteiger partial charge in [-0.15, -0.1) is 0 Å². The van der Waals surface area contributed by atoms with Gasteiger partial charge in [-0.2, -0.15) is 5.10 Å². The van der Waals surface area contributed by atoms with Crippen molar-refractivity contribution < 1.29 is 0 Å². The summed E-state index contributed by atoms with van der Waals surface area (Å²) in [7, 11) is 3.91. The monoisotopic (exact) mass is 326 g/mol. The zero-order valence-electron chi connectivity index (χ0n) is 10.6. The molecule has 6 heteroatoms. The van der Waals surface area contributed by atoms with E-state index in [4.69, 9.17) is 0 Å². The first-order valence-electron chi connectivity index (χ1n) is 5.59. The average Bonchev–Trinajstić information content (AvgIpc) is 2.59. The molecular formula is C12H15BrN4S. The van der Waals surface area contributed by atoms with Crippen LogP contribution in [0.25, 0.3) is 0 Å². The Labute approximate surface area is 119 Å². The normalized spacial score (nSPS) is 10.9. The van der Waals surface area contributed by atoms with Gasteiger partial charge in [-0.25, -0.2) is 4.98 Å². The first-order chi connectivity index (χ1) is 8.63. The zero-order chi connectivity index (χ0) is 13.1. The topological polar surface area (TPSA) is 42.7 Å². The van der Waals surface area contributed by atoms with Gasteiger partial charge in [0.25, 0.3) is 0 Å². The van der Waals surface area contributed by atoms with Gasteiger partial charge in [0.05, 0.1) is 10.2 Å². The number of nitrogens with zero attached hydrogens (tertiary/aromatic N) is 3. The SMILES string of the molecule is CNCc1c(C)nn(C)c1Sc1ncccc1Br. The zero-order valence-corrected chi connectivity index (χ0v) is 13.0. The molecule has 0 aromatic carbocycles. The number of hydrogen-bond donors (Lipinski definition) is 1. The number of hydrogen-bond acceptors (Lipinski definition) is 4. The second-order valence-corrected chi connectivity index (χ2v) is 5.75. The van der Waals surface area contributed by atoms with Crippen LogP contribution in [0.2, 0.25) is 0 Å². The maximum Gasteiger partial charge on any atom is 0.116 e. The third kappa shape index (κ3) is 2.76. The molecule has 2 rings (SSSR count). The summed E-state index contributed by atoms with van der Waals surface area (Å²) in [4.78, 5) is 4.38. The lowest BCUT2D eigenvalue weighted by atomic mass is 10.3. The molecule has 0 bridgehead atoms. The van der Waals surface area contributed by atoms with Gasteiger partial charge in [-0.1, -0.05) is 0 Å². The van der Waals surface area contributed by atoms with Gasteiger partial charge in [-0.3, -0.25) is 4.68 Å². The highest BCUT2D eigenvalue weighted by atomic mass is 79.9. The summed E-state index contributed by atoms with van der Waals surface area (Å²) in [5.41, 5.74) is 2.28. The molecule has 0 spiro atoms. The van der Waals surface area contributed by atoms with E-state index in [0.717, 1.165) is 26.8 Å². The third-order valence-electron chi connectivity index (χ3n) is 2.56. The average molecular weight is 327 g/mol. The van der Waals surface area contributed by atoms with Crippen LogP contribution >= 0.6 is 27.7 Å². The summed E-state index contributed by atoms with van der Waals surface area (Å²) in [6.07, 6.45) is 1.80. The fraction of sp³-hybridized carbons (Fsp3) is 0.333. The molecule has 2 aromatic rings. The highest BCUT2D eigenvalue weighted by Gasteiger charge is 2.15. The molecule has 1 N–H and O–H groups in total. The minimum Gasteiger partial charge on any atom is -0.316 e. The second kappa shape index (κ2) is 5.86. The number of aryl methyl sites for hydroxylation is 2. The molecule has 2 aromatic heterocycles. The van der Waals surface area contributed by atoms with E-state index < -0.39 is 0 Å². The molecule has 0 unspecified atom stereocenters. The van der Waals surface area contributed by atoms with Crippen LogP contribution in [0.5, 0.6) is 0 Å². The lowest BCUT2D eigenvalue weighted by Crippen LogP contribution is -2.06. The maximum atomic E-state index is 4.47. The number of halogens is 1. The fourth-order valence-electron chi connectivity index (χ4n) is 1.73. The lowest BCUT2D eigenvalue weighted by molar-refractivity contribution is 0.683. The molecule has 0 aliphatic carbocycles. The first kappa shape index (κ1) is 13.6. The second-order valence-electron chi connectivity index (χ2n) is 3.92. The predicted molar refractivity (Wildman–Crippen MR) is 76.8 cm³/mol. The number of nitrogens with one attached hydrogen (secondary N) is 1. The van der Waals surface area contributed by atoms with Crippen LogP contribution in [-0.2, 0) is 13.6 Å². The van der Waals surface area contributed by atoms with Crippen molar-refractivity contribution >= 4 is 27.7 Å². The minimum absolute atomic E-state index is 0.812. The Morgan fingerprint density at radius 3 is 2.94 bits per heavy atom. The quantitative estimate of drug-likeness (QED) is 0.938. The van der Waals surface area contributed by atoms with Crippen molar-refractivity contribution in [2.24, 2.45) is 7.05 Å². The van der Waals surface area contributed by atoms with E-state index in [0.29, 0.717) is 0 Å². The third-order valence-corrected chi connectivity index (χ3v) is 4.69. The van der Waals surface area contributed by atoms with Crippen molar-refractivity contribution in [3.63, 3.8) is 0 Å². The van der Waals surface area contributed by atoms with Crippen molar-refractivity contribution in [1.29, 1.82) is 0 Å². The van der Waals surface area contributed by atoms with Crippen molar-refractivity contribution in [3.8, 4) is 0 Å². The van der Waals surface area contributed by atoms with Crippen LogP contribution in [0.1, 0.15) is 11.3 Å². The van der Waals surface area contributed by atoms with Crippen molar-refractivity contribution in [3.05, 3.63) is 34.1 Å². The Bertz CT molecular complexity index is 553. The molecular weight excluding hydrogens is 312 g/mol. The molecule has 0 atom stereocenters. The van der Waals surface area contributed by atoms with Crippen LogP contribution in [0, 0.1) is 6.92 Å². The van der Waals surface area contributed by atoms with E-state index in [1.165, 1.54) is 5.56 Å². The minimum atomic E-state index is 0.812. The van der Waals surface area contributed by atoms with Gasteiger partial charge < -0.3 is 5.32 Å². The van der Waals surface area contributed by atoms with Crippen LogP contribution in [0.4, 0.5) is 0 Å². The summed E-state index contributed by atoms with van der Waals surface area (Å²) in [5, 5.41) is 9.73. The van der Waals surface area contributed by atoms with Crippen molar-refractivity contribution in [1.82, 2.24) is 20.1 Å². The molecule has 0 fully saturated rings. The van der Waals surface area contributed by atoms with Crippen molar-refractivity contribution in [2.45, 2.75) is 23.5 Å². The summed E-state index contributed by atoms with van der Waals surface area (Å²) in [6.45, 7) is 2.84. The van der Waals surface area contributed by atoms with Crippen LogP contribution in [-0.4, -0.2) is 21.8 Å². The summed E-state index contributed by atoms with van der Waals surface area (Å²) in [6, 6.07) is 3.91. The summed E-state index contributed by atoms with van der Waals surface area (Å²) < 4.78 is 2.91. The van der Waals surface area contributed by atoms with E-state index in [2.05, 4.69) is 31.3 Å². The Balaban J connectivity index is 2.37. The van der Waals surface area contributed by atoms with Gasteiger partial charge in [0.15, 0.2) is 0 Å². The molecule has 0 aliphatic rings. The number of aromatic nitrogens is 3. The Kier molecular flexibility index (Phi) is 4.42. The number of rotatable bonds is 4. The molecule has 4 nitrogen and oxygen atoms in total. The van der Waals surface area contributed by atoms with Crippen molar-refractivity contribution in [2.75, 3.05) is 7.05 Å². The molecule has 2 heterocycles. The Morgan fingerprint density at radius 1 is 1.50 bits per heavy atom. The Morgan fingerprint density at radius 2 is 2.28 bits per heavy atom. The van der Waals surface area contributed by atoms with Gasteiger partial charge in [0.1, 0.15) is 10.1 Å². The van der Waals surface area contributed by atoms with E-state index in [1.54, 1.807) is 18.0 Å². The smallest absolute Gasteiger partial charge is 0.116 e. The van der Waals surface area contributed by atoms with E-state index >= 15 is 0 Å². The fourth-order valence-corrected chi connectivity index (χ4v) is 3.20. The maximum absolute atomic E-state index is 4.47. The Hall–Kier alpha value is -0.850. The molecule has 0 saturated heterocycles. The molecule has 0 radical (unpaired) electrons. The van der Waals surface area contributed by atoms with E-state index in [9.17, 15) is 0 Å². The standard InChI is InChI=1S/C12H15BrN4S/c1-8-9(7-14-2)12(17(3)16-8)18-11-10(13)5-4-6-15-11/h4-6,14H,7H2,1-3H3. The number of pyridine rings is 1. The molecule has 96 valence electrons. The van der Waals surface area contributed by atoms with Crippen LogP contribution in [0.3, 0.4) is 0 Å². The first-order valence-corrected chi connectivity index (χ1v) is 7.20. The molecule has 18 heavy (non-hydrogen) atoms. The molecule has 0 amide bonds. The van der Waals surface area contributed by atoms with Gasteiger partial charge >= 0.3 is 0 Å². The van der Waals surface area contributed by atoms with E-state index in [-0.39, 0.29) is 0 Å². The molecule has 0 aliphatic heterocycles. The van der Waals surface area contributed by atoms with Crippen LogP contribution < -0.4 is 5.32 Å². The van der Waals surface area contributed by atoms with Gasteiger partial charge in [0.2, 0.25) is 0 Å². The van der Waals surface area contributed by atoms with Gasteiger partial charge in [-0.05, 0) is 53.8 Å². The van der Waals surface area contributed by atoms with E-state index in [1.807, 2.05) is 37.8 Å². The highest BCUT2D eigenvalue weighted by molar-refractivity contribution is 9.10. The highest BCUT2D eigenvalue weighted by Crippen LogP contribution is 2.34. The molecule has 0 saturated carbocycles. The summed E-state index contributed by atoms with van der Waals surface area (Å²) in [5.74, 6) is 0.